The molecule has 2 aromatic carbocycles. The van der Waals surface area contributed by atoms with Crippen molar-refractivity contribution in [2.45, 2.75) is 10.9 Å². The minimum absolute atomic E-state index is 0.150. The second-order valence-corrected chi connectivity index (χ2v) is 6.78. The predicted molar refractivity (Wildman–Crippen MR) is 88.3 cm³/mol. The molecule has 3 rings (SSSR count). The molecule has 6 heteroatoms. The fourth-order valence-corrected chi connectivity index (χ4v) is 3.89. The van der Waals surface area contributed by atoms with Crippen LogP contribution in [-0.2, 0) is 10.0 Å². The minimum atomic E-state index is -3.80. The Kier molecular flexibility index (Phi) is 4.38. The topological polar surface area (TPSA) is 79.3 Å². The molecule has 0 saturated carbocycles. The summed E-state index contributed by atoms with van der Waals surface area (Å²) in [5, 5.41) is 10.1. The van der Waals surface area contributed by atoms with E-state index >= 15 is 0 Å². The summed E-state index contributed by atoms with van der Waals surface area (Å²) in [6, 6.07) is 16.6. The van der Waals surface area contributed by atoms with Crippen LogP contribution in [-0.4, -0.2) is 25.1 Å². The van der Waals surface area contributed by atoms with E-state index in [4.69, 9.17) is 0 Å². The number of hydrogen-bond acceptors (Lipinski definition) is 4. The monoisotopic (exact) mass is 328 g/mol. The number of rotatable bonds is 5. The van der Waals surface area contributed by atoms with E-state index in [1.165, 1.54) is 6.07 Å². The lowest BCUT2D eigenvalue weighted by Gasteiger charge is -2.17. The molecule has 1 heterocycles. The first-order chi connectivity index (χ1) is 11.1. The highest BCUT2D eigenvalue weighted by molar-refractivity contribution is 7.89. The Morgan fingerprint density at radius 1 is 1.00 bits per heavy atom. The predicted octanol–water partition coefficient (Wildman–Crippen LogP) is 2.25. The van der Waals surface area contributed by atoms with Crippen LogP contribution in [0.1, 0.15) is 11.6 Å². The van der Waals surface area contributed by atoms with Crippen molar-refractivity contribution in [3.05, 3.63) is 72.4 Å². The van der Waals surface area contributed by atoms with E-state index in [-0.39, 0.29) is 11.5 Å². The van der Waals surface area contributed by atoms with Gasteiger partial charge in [0.05, 0.1) is 23.1 Å². The van der Waals surface area contributed by atoms with Crippen LogP contribution in [0.5, 0.6) is 0 Å². The zero-order valence-corrected chi connectivity index (χ0v) is 13.1. The van der Waals surface area contributed by atoms with Gasteiger partial charge < -0.3 is 5.11 Å². The molecule has 0 unspecified atom stereocenters. The Bertz CT molecular complexity index is 906. The van der Waals surface area contributed by atoms with Crippen LogP contribution in [0.25, 0.3) is 10.9 Å². The minimum Gasteiger partial charge on any atom is -0.394 e. The summed E-state index contributed by atoms with van der Waals surface area (Å²) >= 11 is 0. The molecule has 1 atom stereocenters. The fourth-order valence-electron chi connectivity index (χ4n) is 2.46. The summed E-state index contributed by atoms with van der Waals surface area (Å²) in [7, 11) is -3.80. The maximum absolute atomic E-state index is 12.7. The molecule has 0 aliphatic rings. The van der Waals surface area contributed by atoms with E-state index in [0.29, 0.717) is 16.5 Å². The first kappa shape index (κ1) is 15.6. The normalized spacial score (nSPS) is 13.1. The second kappa shape index (κ2) is 6.45. The molecule has 2 N–H and O–H groups in total. The van der Waals surface area contributed by atoms with Gasteiger partial charge in [-0.1, -0.05) is 36.4 Å². The van der Waals surface area contributed by atoms with Crippen molar-refractivity contribution in [2.75, 3.05) is 6.61 Å². The third-order valence-electron chi connectivity index (χ3n) is 3.58. The zero-order valence-electron chi connectivity index (χ0n) is 12.3. The van der Waals surface area contributed by atoms with Crippen LogP contribution >= 0.6 is 0 Å². The van der Waals surface area contributed by atoms with Crippen molar-refractivity contribution in [3.8, 4) is 0 Å². The van der Waals surface area contributed by atoms with Crippen LogP contribution in [0.15, 0.2) is 71.8 Å². The molecule has 118 valence electrons. The lowest BCUT2D eigenvalue weighted by Crippen LogP contribution is -2.31. The van der Waals surface area contributed by atoms with Crippen LogP contribution in [0.3, 0.4) is 0 Å². The summed E-state index contributed by atoms with van der Waals surface area (Å²) in [6.45, 7) is -0.327. The molecule has 1 aromatic heterocycles. The van der Waals surface area contributed by atoms with Crippen LogP contribution in [0, 0.1) is 0 Å². The Morgan fingerprint density at radius 3 is 2.52 bits per heavy atom. The number of nitrogens with zero attached hydrogens (tertiary/aromatic N) is 1. The van der Waals surface area contributed by atoms with E-state index in [9.17, 15) is 13.5 Å². The maximum Gasteiger partial charge on any atom is 0.241 e. The smallest absolute Gasteiger partial charge is 0.241 e. The van der Waals surface area contributed by atoms with Gasteiger partial charge in [0.2, 0.25) is 10.0 Å². The number of fused-ring (bicyclic) bond motifs is 1. The third-order valence-corrected chi connectivity index (χ3v) is 5.11. The van der Waals surface area contributed by atoms with Gasteiger partial charge >= 0.3 is 0 Å². The molecule has 3 aromatic rings. The number of aliphatic hydroxyl groups excluding tert-OH is 1. The van der Waals surface area contributed by atoms with E-state index < -0.39 is 16.1 Å². The Hall–Kier alpha value is -2.28. The van der Waals surface area contributed by atoms with Gasteiger partial charge in [0.25, 0.3) is 0 Å². The highest BCUT2D eigenvalue weighted by atomic mass is 32.2. The van der Waals surface area contributed by atoms with Gasteiger partial charge in [-0.25, -0.2) is 13.1 Å². The lowest BCUT2D eigenvalue weighted by atomic mass is 10.1. The highest BCUT2D eigenvalue weighted by Crippen LogP contribution is 2.23. The number of hydrogen-bond donors (Lipinski definition) is 2. The largest absolute Gasteiger partial charge is 0.394 e. The Labute approximate surface area is 134 Å². The summed E-state index contributed by atoms with van der Waals surface area (Å²) in [5.74, 6) is 0. The number of benzene rings is 2. The molecular weight excluding hydrogens is 312 g/mol. The molecule has 0 amide bonds. The molecule has 0 aliphatic carbocycles. The molecule has 0 fully saturated rings. The number of aliphatic hydroxyl groups is 1. The van der Waals surface area contributed by atoms with Crippen molar-refractivity contribution in [1.82, 2.24) is 9.71 Å². The quantitative estimate of drug-likeness (QED) is 0.753. The standard InChI is InChI=1S/C17H16N2O3S/c20-12-16(13-6-2-1-3-7-13)19-23(21,22)17-10-4-9-15-14(17)8-5-11-18-15/h1-11,16,19-20H,12H2/t16-/m1/s1. The van der Waals surface area contributed by atoms with E-state index in [2.05, 4.69) is 9.71 Å². The van der Waals surface area contributed by atoms with Gasteiger partial charge in [-0.2, -0.15) is 0 Å². The van der Waals surface area contributed by atoms with Gasteiger partial charge in [-0.15, -0.1) is 0 Å². The molecule has 0 aliphatic heterocycles. The number of sulfonamides is 1. The Morgan fingerprint density at radius 2 is 1.78 bits per heavy atom. The highest BCUT2D eigenvalue weighted by Gasteiger charge is 2.22. The van der Waals surface area contributed by atoms with E-state index in [0.717, 1.165) is 0 Å². The summed E-state index contributed by atoms with van der Waals surface area (Å²) in [5.41, 5.74) is 1.31. The number of pyridine rings is 1. The van der Waals surface area contributed by atoms with Crippen molar-refractivity contribution in [1.29, 1.82) is 0 Å². The van der Waals surface area contributed by atoms with Crippen molar-refractivity contribution >= 4 is 20.9 Å². The van der Waals surface area contributed by atoms with E-state index in [1.54, 1.807) is 54.7 Å². The SMILES string of the molecule is O=S(=O)(N[C@H](CO)c1ccccc1)c1cccc2ncccc12. The van der Waals surface area contributed by atoms with E-state index in [1.807, 2.05) is 6.07 Å². The van der Waals surface area contributed by atoms with Crippen molar-refractivity contribution in [2.24, 2.45) is 0 Å². The average molecular weight is 328 g/mol. The molecular formula is C17H16N2O3S. The molecule has 0 saturated heterocycles. The fraction of sp³-hybridized carbons (Fsp3) is 0.118. The zero-order chi connectivity index (χ0) is 16.3. The number of nitrogens with one attached hydrogen (secondary N) is 1. The lowest BCUT2D eigenvalue weighted by molar-refractivity contribution is 0.259. The van der Waals surface area contributed by atoms with Gasteiger partial charge in [0.15, 0.2) is 0 Å². The Balaban J connectivity index is 2.01. The van der Waals surface area contributed by atoms with Crippen LogP contribution < -0.4 is 4.72 Å². The van der Waals surface area contributed by atoms with Crippen LogP contribution in [0.4, 0.5) is 0 Å². The average Bonchev–Trinajstić information content (AvgIpc) is 2.60. The van der Waals surface area contributed by atoms with Gasteiger partial charge in [0, 0.05) is 11.6 Å². The second-order valence-electron chi connectivity index (χ2n) is 5.09. The molecule has 0 spiro atoms. The first-order valence-corrected chi connectivity index (χ1v) is 8.62. The summed E-state index contributed by atoms with van der Waals surface area (Å²) in [4.78, 5) is 4.32. The van der Waals surface area contributed by atoms with Crippen LogP contribution in [0.2, 0.25) is 0 Å². The number of aromatic nitrogens is 1. The molecule has 5 nitrogen and oxygen atoms in total. The molecule has 0 radical (unpaired) electrons. The maximum atomic E-state index is 12.7. The summed E-state index contributed by atoms with van der Waals surface area (Å²) < 4.78 is 28.0. The van der Waals surface area contributed by atoms with Gasteiger partial charge in [-0.05, 0) is 29.8 Å². The first-order valence-electron chi connectivity index (χ1n) is 7.14. The van der Waals surface area contributed by atoms with Gasteiger partial charge in [-0.3, -0.25) is 4.98 Å². The molecule has 0 bridgehead atoms. The van der Waals surface area contributed by atoms with Gasteiger partial charge in [0.1, 0.15) is 0 Å². The third kappa shape index (κ3) is 3.24. The summed E-state index contributed by atoms with van der Waals surface area (Å²) in [6.07, 6.45) is 1.62. The molecule has 23 heavy (non-hydrogen) atoms. The van der Waals surface area contributed by atoms with Crippen molar-refractivity contribution in [3.63, 3.8) is 0 Å². The van der Waals surface area contributed by atoms with Crippen molar-refractivity contribution < 1.29 is 13.5 Å².